The van der Waals surface area contributed by atoms with Gasteiger partial charge >= 0.3 is 5.97 Å². The molecule has 0 bridgehead atoms. The maximum atomic E-state index is 10.4. The van der Waals surface area contributed by atoms with Crippen molar-refractivity contribution in [3.63, 3.8) is 0 Å². The number of nitrogens with one attached hydrogen (secondary N) is 1. The van der Waals surface area contributed by atoms with Gasteiger partial charge in [-0.25, -0.2) is 4.79 Å². The lowest BCUT2D eigenvalue weighted by Crippen LogP contribution is -1.97. The molecule has 0 amide bonds. The smallest absolute Gasteiger partial charge is 0.353 e. The van der Waals surface area contributed by atoms with Gasteiger partial charge in [-0.05, 0) is 15.9 Å². The number of carboxylic acids is 1. The normalized spacial score (nSPS) is 9.64. The van der Waals surface area contributed by atoms with E-state index in [1.807, 2.05) is 0 Å². The van der Waals surface area contributed by atoms with Gasteiger partial charge in [0.25, 0.3) is 0 Å². The molecule has 1 aromatic rings. The van der Waals surface area contributed by atoms with Crippen LogP contribution in [0.5, 0.6) is 5.88 Å². The number of hydrogen-bond acceptors (Lipinski definition) is 2. The highest BCUT2D eigenvalue weighted by molar-refractivity contribution is 9.10. The minimum atomic E-state index is -1.01. The third-order valence-electron chi connectivity index (χ3n) is 1.18. The molecule has 2 N–H and O–H groups in total. The molecule has 0 radical (unpaired) electrons. The van der Waals surface area contributed by atoms with Crippen molar-refractivity contribution in [2.45, 2.75) is 0 Å². The number of carboxylic acid groups (broad SMARTS) is 1. The molecule has 1 heterocycles. The lowest BCUT2D eigenvalue weighted by molar-refractivity contribution is 0.0689. The first-order valence-corrected chi connectivity index (χ1v) is 3.60. The van der Waals surface area contributed by atoms with Crippen LogP contribution in [0.3, 0.4) is 0 Å². The van der Waals surface area contributed by atoms with Crippen molar-refractivity contribution in [3.8, 4) is 5.88 Å². The summed E-state index contributed by atoms with van der Waals surface area (Å²) in [5, 5.41) is 8.56. The molecule has 60 valence electrons. The van der Waals surface area contributed by atoms with Crippen molar-refractivity contribution in [2.75, 3.05) is 7.11 Å². The van der Waals surface area contributed by atoms with Crippen molar-refractivity contribution < 1.29 is 14.6 Å². The van der Waals surface area contributed by atoms with Crippen LogP contribution in [0.25, 0.3) is 0 Å². The summed E-state index contributed by atoms with van der Waals surface area (Å²) in [5.41, 5.74) is 0.0989. The molecular formula is C6H6BrNO3. The largest absolute Gasteiger partial charge is 0.482 e. The van der Waals surface area contributed by atoms with E-state index in [0.717, 1.165) is 0 Å². The Bertz CT molecular complexity index is 281. The van der Waals surface area contributed by atoms with Gasteiger partial charge in [0, 0.05) is 6.07 Å². The van der Waals surface area contributed by atoms with Crippen molar-refractivity contribution in [3.05, 3.63) is 16.2 Å². The maximum absolute atomic E-state index is 10.4. The van der Waals surface area contributed by atoms with Crippen LogP contribution in [0.1, 0.15) is 10.5 Å². The Morgan fingerprint density at radius 1 is 1.82 bits per heavy atom. The van der Waals surface area contributed by atoms with Gasteiger partial charge in [-0.15, -0.1) is 0 Å². The van der Waals surface area contributed by atoms with Crippen LogP contribution in [0, 0.1) is 0 Å². The highest BCUT2D eigenvalue weighted by Gasteiger charge is 2.11. The minimum absolute atomic E-state index is 0.0989. The van der Waals surface area contributed by atoms with Crippen molar-refractivity contribution >= 4 is 21.9 Å². The number of methoxy groups -OCH3 is 1. The molecule has 0 aliphatic rings. The Labute approximate surface area is 71.3 Å². The molecule has 0 aliphatic carbocycles. The van der Waals surface area contributed by atoms with Crippen LogP contribution in [0.2, 0.25) is 0 Å². The van der Waals surface area contributed by atoms with E-state index in [0.29, 0.717) is 10.4 Å². The third-order valence-corrected chi connectivity index (χ3v) is 1.80. The molecule has 5 heteroatoms. The summed E-state index contributed by atoms with van der Waals surface area (Å²) in [7, 11) is 1.46. The van der Waals surface area contributed by atoms with E-state index in [1.165, 1.54) is 7.11 Å². The highest BCUT2D eigenvalue weighted by Crippen LogP contribution is 2.21. The van der Waals surface area contributed by atoms with Crippen LogP contribution in [0.15, 0.2) is 10.5 Å². The average Bonchev–Trinajstić information content (AvgIpc) is 2.30. The average molecular weight is 220 g/mol. The summed E-state index contributed by atoms with van der Waals surface area (Å²) in [5.74, 6) is -0.588. The number of halogens is 1. The number of hydrogen-bond donors (Lipinski definition) is 2. The minimum Gasteiger partial charge on any atom is -0.482 e. The topological polar surface area (TPSA) is 62.3 Å². The Hall–Kier alpha value is -0.970. The fraction of sp³-hybridized carbons (Fsp3) is 0.167. The second-order valence-electron chi connectivity index (χ2n) is 1.87. The maximum Gasteiger partial charge on any atom is 0.353 e. The molecule has 11 heavy (non-hydrogen) atoms. The molecule has 0 unspecified atom stereocenters. The summed E-state index contributed by atoms with van der Waals surface area (Å²) in [6, 6.07) is 1.56. The Morgan fingerprint density at radius 3 is 2.73 bits per heavy atom. The van der Waals surface area contributed by atoms with Crippen molar-refractivity contribution in [1.82, 2.24) is 4.98 Å². The standard InChI is InChI=1S/C6H6BrNO3/c1-11-4-2-3(7)5(8-4)6(9)10/h2,8H,1H3,(H,9,10). The number of rotatable bonds is 2. The van der Waals surface area contributed by atoms with Crippen LogP contribution in [-0.4, -0.2) is 23.2 Å². The summed E-state index contributed by atoms with van der Waals surface area (Å²) in [6.07, 6.45) is 0. The molecule has 1 aromatic heterocycles. The summed E-state index contributed by atoms with van der Waals surface area (Å²) in [6.45, 7) is 0. The fourth-order valence-electron chi connectivity index (χ4n) is 0.672. The van der Waals surface area contributed by atoms with Gasteiger partial charge in [0.2, 0.25) is 0 Å². The number of H-pyrrole nitrogens is 1. The highest BCUT2D eigenvalue weighted by atomic mass is 79.9. The van der Waals surface area contributed by atoms with Crippen molar-refractivity contribution in [2.24, 2.45) is 0 Å². The molecule has 0 aromatic carbocycles. The first-order valence-electron chi connectivity index (χ1n) is 2.81. The molecule has 0 saturated heterocycles. The number of carbonyl (C=O) groups is 1. The fourth-order valence-corrected chi connectivity index (χ4v) is 1.15. The van der Waals surface area contributed by atoms with E-state index in [2.05, 4.69) is 20.9 Å². The van der Waals surface area contributed by atoms with Crippen molar-refractivity contribution in [1.29, 1.82) is 0 Å². The zero-order valence-corrected chi connectivity index (χ0v) is 7.31. The van der Waals surface area contributed by atoms with Gasteiger partial charge in [0.1, 0.15) is 5.69 Å². The SMILES string of the molecule is COc1cc(Br)c(C(=O)O)[nH]1. The van der Waals surface area contributed by atoms with E-state index >= 15 is 0 Å². The van der Waals surface area contributed by atoms with E-state index in [-0.39, 0.29) is 5.69 Å². The number of aromatic amines is 1. The van der Waals surface area contributed by atoms with Gasteiger partial charge in [-0.1, -0.05) is 0 Å². The lowest BCUT2D eigenvalue weighted by Gasteiger charge is -1.90. The molecule has 0 saturated carbocycles. The quantitative estimate of drug-likeness (QED) is 0.793. The van der Waals surface area contributed by atoms with Crippen LogP contribution in [-0.2, 0) is 0 Å². The van der Waals surface area contributed by atoms with Gasteiger partial charge in [0.15, 0.2) is 5.88 Å². The zero-order valence-electron chi connectivity index (χ0n) is 5.72. The molecule has 1 rings (SSSR count). The summed E-state index contributed by atoms with van der Waals surface area (Å²) in [4.78, 5) is 13.0. The van der Waals surface area contributed by atoms with E-state index in [4.69, 9.17) is 9.84 Å². The predicted octanol–water partition coefficient (Wildman–Crippen LogP) is 1.48. The van der Waals surface area contributed by atoms with Crippen LogP contribution >= 0.6 is 15.9 Å². The second kappa shape index (κ2) is 2.96. The summed E-state index contributed by atoms with van der Waals surface area (Å²) >= 11 is 3.07. The number of aromatic nitrogens is 1. The van der Waals surface area contributed by atoms with Crippen LogP contribution < -0.4 is 4.74 Å². The molecule has 0 spiro atoms. The van der Waals surface area contributed by atoms with E-state index < -0.39 is 5.97 Å². The number of ether oxygens (including phenoxy) is 1. The van der Waals surface area contributed by atoms with E-state index in [1.54, 1.807) is 6.07 Å². The Morgan fingerprint density at radius 2 is 2.45 bits per heavy atom. The number of aromatic carboxylic acids is 1. The monoisotopic (exact) mass is 219 g/mol. The van der Waals surface area contributed by atoms with Gasteiger partial charge < -0.3 is 14.8 Å². The van der Waals surface area contributed by atoms with Gasteiger partial charge in [-0.2, -0.15) is 0 Å². The second-order valence-corrected chi connectivity index (χ2v) is 2.72. The molecular weight excluding hydrogens is 214 g/mol. The van der Waals surface area contributed by atoms with Gasteiger partial charge in [0.05, 0.1) is 11.6 Å². The molecule has 4 nitrogen and oxygen atoms in total. The lowest BCUT2D eigenvalue weighted by atomic mass is 10.4. The summed E-state index contributed by atoms with van der Waals surface area (Å²) < 4.78 is 5.26. The van der Waals surface area contributed by atoms with Gasteiger partial charge in [-0.3, -0.25) is 0 Å². The molecule has 0 atom stereocenters. The molecule has 0 fully saturated rings. The van der Waals surface area contributed by atoms with E-state index in [9.17, 15) is 4.79 Å². The third kappa shape index (κ3) is 1.54. The van der Waals surface area contributed by atoms with Crippen LogP contribution in [0.4, 0.5) is 0 Å². The Balaban J connectivity index is 3.07. The molecule has 0 aliphatic heterocycles. The predicted molar refractivity (Wildman–Crippen MR) is 42.0 cm³/mol. The zero-order chi connectivity index (χ0) is 8.43. The first-order chi connectivity index (χ1) is 5.15. The first kappa shape index (κ1) is 8.13. The Kier molecular flexibility index (Phi) is 2.19.